The molecule has 0 saturated heterocycles. The first-order chi connectivity index (χ1) is 8.90. The summed E-state index contributed by atoms with van der Waals surface area (Å²) in [5, 5.41) is 4.20. The van der Waals surface area contributed by atoms with Crippen molar-refractivity contribution in [2.75, 3.05) is 11.1 Å². The minimum atomic E-state index is -0.511. The third kappa shape index (κ3) is 3.12. The average molecular weight is 283 g/mol. The van der Waals surface area contributed by atoms with Crippen molar-refractivity contribution in [1.29, 1.82) is 0 Å². The summed E-state index contributed by atoms with van der Waals surface area (Å²) in [6.07, 6.45) is 2.49. The number of amides is 1. The highest BCUT2D eigenvalue weighted by molar-refractivity contribution is 7.19. The van der Waals surface area contributed by atoms with E-state index in [1.165, 1.54) is 24.2 Å². The molecule has 1 atom stereocenters. The Hall–Kier alpha value is -1.43. The molecule has 1 unspecified atom stereocenters. The van der Waals surface area contributed by atoms with E-state index in [0.29, 0.717) is 28.3 Å². The van der Waals surface area contributed by atoms with Crippen molar-refractivity contribution in [3.63, 3.8) is 0 Å². The molecule has 0 aliphatic heterocycles. The number of nitrogen functional groups attached to an aromatic ring is 1. The molecule has 1 saturated carbocycles. The van der Waals surface area contributed by atoms with Crippen LogP contribution < -0.4 is 21.5 Å². The van der Waals surface area contributed by atoms with Crippen molar-refractivity contribution in [2.45, 2.75) is 45.8 Å². The Morgan fingerprint density at radius 1 is 1.42 bits per heavy atom. The van der Waals surface area contributed by atoms with E-state index >= 15 is 0 Å². The van der Waals surface area contributed by atoms with Crippen LogP contribution in [0.3, 0.4) is 0 Å². The molecular formula is C13H21N3O2S. The third-order valence-corrected chi connectivity index (χ3v) is 4.30. The third-order valence-electron chi connectivity index (χ3n) is 3.16. The summed E-state index contributed by atoms with van der Waals surface area (Å²) in [4.78, 5) is 11.7. The van der Waals surface area contributed by atoms with Gasteiger partial charge in [0.05, 0.1) is 6.10 Å². The maximum Gasteiger partial charge on any atom is 0.261 e. The second-order valence-electron chi connectivity index (χ2n) is 5.30. The Morgan fingerprint density at radius 3 is 2.53 bits per heavy atom. The number of carbonyl (C=O) groups excluding carboxylic acids is 1. The number of carbonyl (C=O) groups is 1. The van der Waals surface area contributed by atoms with Crippen LogP contribution in [0.15, 0.2) is 0 Å². The van der Waals surface area contributed by atoms with E-state index in [-0.39, 0.29) is 6.10 Å². The molecular weight excluding hydrogens is 262 g/mol. The minimum Gasteiger partial charge on any atom is -0.486 e. The lowest BCUT2D eigenvalue weighted by Crippen LogP contribution is -2.17. The van der Waals surface area contributed by atoms with Gasteiger partial charge in [-0.05, 0) is 39.5 Å². The van der Waals surface area contributed by atoms with Crippen LogP contribution >= 0.6 is 11.3 Å². The fourth-order valence-corrected chi connectivity index (χ4v) is 2.98. The predicted octanol–water partition coefficient (Wildman–Crippen LogP) is 2.43. The Kier molecular flexibility index (Phi) is 3.89. The van der Waals surface area contributed by atoms with Crippen LogP contribution in [0, 0.1) is 5.92 Å². The average Bonchev–Trinajstić information content (AvgIpc) is 3.10. The van der Waals surface area contributed by atoms with E-state index in [9.17, 15) is 4.79 Å². The van der Waals surface area contributed by atoms with Crippen molar-refractivity contribution in [2.24, 2.45) is 11.7 Å². The maximum absolute atomic E-state index is 11.4. The van der Waals surface area contributed by atoms with Crippen LogP contribution in [-0.2, 0) is 0 Å². The number of ether oxygens (including phenoxy) is 1. The van der Waals surface area contributed by atoms with Gasteiger partial charge in [-0.3, -0.25) is 4.79 Å². The van der Waals surface area contributed by atoms with Gasteiger partial charge < -0.3 is 21.5 Å². The van der Waals surface area contributed by atoms with E-state index in [2.05, 4.69) is 12.2 Å². The van der Waals surface area contributed by atoms with Crippen molar-refractivity contribution in [3.8, 4) is 5.75 Å². The highest BCUT2D eigenvalue weighted by Gasteiger charge is 2.30. The van der Waals surface area contributed by atoms with Crippen molar-refractivity contribution in [3.05, 3.63) is 4.88 Å². The van der Waals surface area contributed by atoms with Crippen LogP contribution in [-0.4, -0.2) is 18.1 Å². The molecule has 5 nitrogen and oxygen atoms in total. The van der Waals surface area contributed by atoms with Crippen LogP contribution in [0.25, 0.3) is 0 Å². The fourth-order valence-electron chi connectivity index (χ4n) is 1.98. The normalized spacial score (nSPS) is 16.4. The summed E-state index contributed by atoms with van der Waals surface area (Å²) in [5.74, 6) is 0.747. The van der Waals surface area contributed by atoms with Gasteiger partial charge in [0.1, 0.15) is 15.6 Å². The maximum atomic E-state index is 11.4. The molecule has 1 amide bonds. The van der Waals surface area contributed by atoms with Gasteiger partial charge in [0.2, 0.25) is 0 Å². The van der Waals surface area contributed by atoms with Gasteiger partial charge in [-0.1, -0.05) is 0 Å². The molecule has 1 aromatic heterocycles. The van der Waals surface area contributed by atoms with Crippen LogP contribution in [0.4, 0.5) is 10.7 Å². The number of primary amides is 1. The molecule has 106 valence electrons. The lowest BCUT2D eigenvalue weighted by atomic mass is 10.2. The van der Waals surface area contributed by atoms with Gasteiger partial charge in [0.15, 0.2) is 5.75 Å². The van der Waals surface area contributed by atoms with E-state index in [1.54, 1.807) is 0 Å². The standard InChI is InChI=1S/C13H21N3O2S/c1-6(2)18-10-9(14)11(12(15)17)19-13(10)16-7(3)8-4-5-8/h6-8,16H,4-5,14H2,1-3H3,(H2,15,17). The number of anilines is 2. The summed E-state index contributed by atoms with van der Waals surface area (Å²) in [5.41, 5.74) is 11.6. The summed E-state index contributed by atoms with van der Waals surface area (Å²) in [6.45, 7) is 5.99. The molecule has 19 heavy (non-hydrogen) atoms. The second-order valence-corrected chi connectivity index (χ2v) is 6.33. The van der Waals surface area contributed by atoms with E-state index < -0.39 is 5.91 Å². The molecule has 0 bridgehead atoms. The largest absolute Gasteiger partial charge is 0.486 e. The number of rotatable bonds is 6. The van der Waals surface area contributed by atoms with Gasteiger partial charge in [-0.15, -0.1) is 11.3 Å². The second kappa shape index (κ2) is 5.28. The van der Waals surface area contributed by atoms with E-state index in [1.807, 2.05) is 13.8 Å². The summed E-state index contributed by atoms with van der Waals surface area (Å²) < 4.78 is 5.72. The number of nitrogens with one attached hydrogen (secondary N) is 1. The highest BCUT2D eigenvalue weighted by atomic mass is 32.1. The first-order valence-corrected chi connectivity index (χ1v) is 7.37. The van der Waals surface area contributed by atoms with Crippen molar-refractivity contribution in [1.82, 2.24) is 0 Å². The number of hydrogen-bond acceptors (Lipinski definition) is 5. The lowest BCUT2D eigenvalue weighted by Gasteiger charge is -2.16. The number of thiophene rings is 1. The topological polar surface area (TPSA) is 90.4 Å². The predicted molar refractivity (Wildman–Crippen MR) is 78.8 cm³/mol. The monoisotopic (exact) mass is 283 g/mol. The molecule has 0 aromatic carbocycles. The Balaban J connectivity index is 2.27. The summed E-state index contributed by atoms with van der Waals surface area (Å²) in [7, 11) is 0. The van der Waals surface area contributed by atoms with Gasteiger partial charge >= 0.3 is 0 Å². The van der Waals surface area contributed by atoms with Gasteiger partial charge in [-0.2, -0.15) is 0 Å². The van der Waals surface area contributed by atoms with Crippen LogP contribution in [0.5, 0.6) is 5.75 Å². The molecule has 6 heteroatoms. The highest BCUT2D eigenvalue weighted by Crippen LogP contribution is 2.45. The first kappa shape index (κ1) is 14.0. The quantitative estimate of drug-likeness (QED) is 0.748. The SMILES string of the molecule is CC(C)Oc1c(NC(C)C2CC2)sc(C(N)=O)c1N. The molecule has 0 spiro atoms. The fraction of sp³-hybridized carbons (Fsp3) is 0.615. The zero-order valence-corrected chi connectivity index (χ0v) is 12.3. The molecule has 1 aromatic rings. The van der Waals surface area contributed by atoms with E-state index in [0.717, 1.165) is 5.00 Å². The molecule has 2 rings (SSSR count). The van der Waals surface area contributed by atoms with Crippen LogP contribution in [0.1, 0.15) is 43.3 Å². The summed E-state index contributed by atoms with van der Waals surface area (Å²) in [6, 6.07) is 0.355. The van der Waals surface area contributed by atoms with E-state index in [4.69, 9.17) is 16.2 Å². The molecule has 1 aliphatic rings. The van der Waals surface area contributed by atoms with Gasteiger partial charge in [0, 0.05) is 6.04 Å². The van der Waals surface area contributed by atoms with Crippen LogP contribution in [0.2, 0.25) is 0 Å². The van der Waals surface area contributed by atoms with Gasteiger partial charge in [0.25, 0.3) is 5.91 Å². The molecule has 0 radical (unpaired) electrons. The number of nitrogens with two attached hydrogens (primary N) is 2. The smallest absolute Gasteiger partial charge is 0.261 e. The molecule has 1 aliphatic carbocycles. The Bertz CT molecular complexity index is 480. The molecule has 1 fully saturated rings. The Labute approximate surface area is 117 Å². The number of hydrogen-bond donors (Lipinski definition) is 3. The zero-order chi connectivity index (χ0) is 14.2. The summed E-state index contributed by atoms with van der Waals surface area (Å²) >= 11 is 1.27. The first-order valence-electron chi connectivity index (χ1n) is 6.55. The molecule has 5 N–H and O–H groups in total. The van der Waals surface area contributed by atoms with Crippen molar-refractivity contribution >= 4 is 27.9 Å². The minimum absolute atomic E-state index is 0.00518. The molecule has 1 heterocycles. The lowest BCUT2D eigenvalue weighted by molar-refractivity contribution is 0.100. The Morgan fingerprint density at radius 2 is 2.05 bits per heavy atom. The van der Waals surface area contributed by atoms with Crippen molar-refractivity contribution < 1.29 is 9.53 Å². The zero-order valence-electron chi connectivity index (χ0n) is 11.5. The van der Waals surface area contributed by atoms with Gasteiger partial charge in [-0.25, -0.2) is 0 Å².